The number of carbonyl (C=O) groups excluding carboxylic acids is 1. The highest BCUT2D eigenvalue weighted by Crippen LogP contribution is 2.35. The third-order valence-electron chi connectivity index (χ3n) is 4.41. The summed E-state index contributed by atoms with van der Waals surface area (Å²) in [5.74, 6) is 0.250. The molecule has 148 valence electrons. The van der Waals surface area contributed by atoms with Gasteiger partial charge in [-0.15, -0.1) is 11.3 Å². The third kappa shape index (κ3) is 4.27. The number of thioether (sulfide) groups is 1. The fourth-order valence-electron chi connectivity index (χ4n) is 2.95. The van der Waals surface area contributed by atoms with Crippen molar-refractivity contribution in [1.82, 2.24) is 9.97 Å². The lowest BCUT2D eigenvalue weighted by Crippen LogP contribution is -2.04. The standard InChI is InChI=1S/C22H16N4O2S2/c1-14-18-20(26-16-7-9-17(10-8-16)29-12-23)24-13-25-21(18)30-19(14)22(27)28-11-15-5-3-2-4-6-15/h2-10,13H,11H2,1H3,(H,24,25,26). The predicted octanol–water partition coefficient (Wildman–Crippen LogP) is 5.67. The number of ether oxygens (including phenoxy) is 1. The highest BCUT2D eigenvalue weighted by Gasteiger charge is 2.20. The van der Waals surface area contributed by atoms with Crippen LogP contribution in [0.1, 0.15) is 20.8 Å². The zero-order chi connectivity index (χ0) is 20.9. The van der Waals surface area contributed by atoms with Crippen LogP contribution in [0, 0.1) is 17.6 Å². The zero-order valence-corrected chi connectivity index (χ0v) is 17.6. The molecule has 0 saturated heterocycles. The number of nitrogens with zero attached hydrogens (tertiary/aromatic N) is 3. The number of nitriles is 1. The van der Waals surface area contributed by atoms with Crippen LogP contribution in [0.2, 0.25) is 0 Å². The molecule has 0 unspecified atom stereocenters. The summed E-state index contributed by atoms with van der Waals surface area (Å²) >= 11 is 2.40. The van der Waals surface area contributed by atoms with Crippen molar-refractivity contribution in [1.29, 1.82) is 5.26 Å². The lowest BCUT2D eigenvalue weighted by Gasteiger charge is -2.08. The SMILES string of the molecule is Cc1c(C(=O)OCc2ccccc2)sc2ncnc(Nc3ccc(SC#N)cc3)c12. The van der Waals surface area contributed by atoms with E-state index in [0.717, 1.165) is 38.9 Å². The Bertz CT molecular complexity index is 1230. The van der Waals surface area contributed by atoms with Gasteiger partial charge < -0.3 is 10.1 Å². The van der Waals surface area contributed by atoms with E-state index in [1.54, 1.807) is 0 Å². The number of rotatable bonds is 6. The molecular formula is C22H16N4O2S2. The fraction of sp³-hybridized carbons (Fsp3) is 0.0909. The molecule has 4 rings (SSSR count). The number of thiophene rings is 1. The maximum atomic E-state index is 12.7. The van der Waals surface area contributed by atoms with Crippen molar-refractivity contribution in [2.45, 2.75) is 18.4 Å². The van der Waals surface area contributed by atoms with Gasteiger partial charge in [-0.25, -0.2) is 14.8 Å². The Morgan fingerprint density at radius 3 is 2.67 bits per heavy atom. The van der Waals surface area contributed by atoms with E-state index in [-0.39, 0.29) is 12.6 Å². The Labute approximate surface area is 181 Å². The van der Waals surface area contributed by atoms with Gasteiger partial charge in [0.15, 0.2) is 0 Å². The molecule has 0 aliphatic rings. The normalized spacial score (nSPS) is 10.5. The average Bonchev–Trinajstić information content (AvgIpc) is 3.12. The van der Waals surface area contributed by atoms with Gasteiger partial charge in [0, 0.05) is 10.6 Å². The number of esters is 1. The lowest BCUT2D eigenvalue weighted by atomic mass is 10.2. The number of aromatic nitrogens is 2. The summed E-state index contributed by atoms with van der Waals surface area (Å²) in [6.45, 7) is 2.09. The van der Waals surface area contributed by atoms with Gasteiger partial charge in [0.25, 0.3) is 0 Å². The van der Waals surface area contributed by atoms with Crippen molar-refractivity contribution in [2.24, 2.45) is 0 Å². The topological polar surface area (TPSA) is 87.9 Å². The van der Waals surface area contributed by atoms with Crippen LogP contribution in [0.3, 0.4) is 0 Å². The van der Waals surface area contributed by atoms with Crippen molar-refractivity contribution in [2.75, 3.05) is 5.32 Å². The molecular weight excluding hydrogens is 416 g/mol. The molecule has 30 heavy (non-hydrogen) atoms. The summed E-state index contributed by atoms with van der Waals surface area (Å²) < 4.78 is 5.49. The Hall–Kier alpha value is -3.41. The minimum absolute atomic E-state index is 0.219. The summed E-state index contributed by atoms with van der Waals surface area (Å²) in [4.78, 5) is 23.5. The molecule has 2 aromatic carbocycles. The van der Waals surface area contributed by atoms with Gasteiger partial charge in [-0.3, -0.25) is 0 Å². The maximum Gasteiger partial charge on any atom is 0.349 e. The van der Waals surface area contributed by atoms with Gasteiger partial charge in [-0.2, -0.15) is 5.26 Å². The minimum Gasteiger partial charge on any atom is -0.457 e. The van der Waals surface area contributed by atoms with E-state index in [1.807, 2.05) is 61.5 Å². The number of anilines is 2. The van der Waals surface area contributed by atoms with Gasteiger partial charge in [0.05, 0.1) is 5.39 Å². The summed E-state index contributed by atoms with van der Waals surface area (Å²) in [6.07, 6.45) is 1.47. The largest absolute Gasteiger partial charge is 0.457 e. The van der Waals surface area contributed by atoms with E-state index >= 15 is 0 Å². The number of fused-ring (bicyclic) bond motifs is 1. The fourth-order valence-corrected chi connectivity index (χ4v) is 4.37. The maximum absolute atomic E-state index is 12.7. The minimum atomic E-state index is -0.372. The zero-order valence-electron chi connectivity index (χ0n) is 16.0. The van der Waals surface area contributed by atoms with Gasteiger partial charge in [0.2, 0.25) is 0 Å². The van der Waals surface area contributed by atoms with Crippen LogP contribution in [0.15, 0.2) is 65.8 Å². The molecule has 8 heteroatoms. The molecule has 2 heterocycles. The van der Waals surface area contributed by atoms with E-state index in [4.69, 9.17) is 10.00 Å². The first-order chi connectivity index (χ1) is 14.7. The van der Waals surface area contributed by atoms with Crippen molar-refractivity contribution >= 4 is 50.8 Å². The first-order valence-corrected chi connectivity index (χ1v) is 10.7. The molecule has 0 saturated carbocycles. The second-order valence-electron chi connectivity index (χ2n) is 6.36. The van der Waals surface area contributed by atoms with Gasteiger partial charge in [-0.1, -0.05) is 30.3 Å². The lowest BCUT2D eigenvalue weighted by molar-refractivity contribution is 0.0478. The molecule has 0 aliphatic heterocycles. The number of carbonyl (C=O) groups is 1. The van der Waals surface area contributed by atoms with Crippen LogP contribution in [-0.2, 0) is 11.3 Å². The van der Waals surface area contributed by atoms with Crippen molar-refractivity contribution in [3.63, 3.8) is 0 Å². The monoisotopic (exact) mass is 432 g/mol. The molecule has 0 atom stereocenters. The van der Waals surface area contributed by atoms with E-state index in [1.165, 1.54) is 17.7 Å². The van der Waals surface area contributed by atoms with Crippen LogP contribution in [-0.4, -0.2) is 15.9 Å². The highest BCUT2D eigenvalue weighted by atomic mass is 32.2. The number of hydrogen-bond donors (Lipinski definition) is 1. The number of hydrogen-bond acceptors (Lipinski definition) is 8. The Balaban J connectivity index is 1.58. The molecule has 0 aliphatic carbocycles. The summed E-state index contributed by atoms with van der Waals surface area (Å²) in [6, 6.07) is 17.1. The first kappa shape index (κ1) is 19.9. The molecule has 6 nitrogen and oxygen atoms in total. The number of nitrogens with one attached hydrogen (secondary N) is 1. The van der Waals surface area contributed by atoms with E-state index in [9.17, 15) is 4.79 Å². The summed E-state index contributed by atoms with van der Waals surface area (Å²) in [7, 11) is 0. The van der Waals surface area contributed by atoms with Crippen LogP contribution >= 0.6 is 23.1 Å². The summed E-state index contributed by atoms with van der Waals surface area (Å²) in [5, 5.41) is 14.9. The molecule has 1 N–H and O–H groups in total. The van der Waals surface area contributed by atoms with Gasteiger partial charge in [-0.05, 0) is 54.1 Å². The predicted molar refractivity (Wildman–Crippen MR) is 119 cm³/mol. The van der Waals surface area contributed by atoms with Crippen LogP contribution in [0.4, 0.5) is 11.5 Å². The third-order valence-corrected chi connectivity index (χ3v) is 6.18. The van der Waals surface area contributed by atoms with Gasteiger partial charge in [0.1, 0.15) is 33.9 Å². The van der Waals surface area contributed by atoms with E-state index < -0.39 is 0 Å². The molecule has 0 amide bonds. The molecule has 0 bridgehead atoms. The summed E-state index contributed by atoms with van der Waals surface area (Å²) in [5.41, 5.74) is 2.55. The quantitative estimate of drug-likeness (QED) is 0.238. The molecule has 2 aromatic heterocycles. The molecule has 0 radical (unpaired) electrons. The number of benzene rings is 2. The second-order valence-corrected chi connectivity index (χ2v) is 8.22. The van der Waals surface area contributed by atoms with Crippen molar-refractivity contribution < 1.29 is 9.53 Å². The van der Waals surface area contributed by atoms with Crippen LogP contribution < -0.4 is 5.32 Å². The molecule has 4 aromatic rings. The van der Waals surface area contributed by atoms with Crippen molar-refractivity contribution in [3.05, 3.63) is 76.9 Å². The molecule has 0 spiro atoms. The van der Waals surface area contributed by atoms with Gasteiger partial charge >= 0.3 is 5.97 Å². The van der Waals surface area contributed by atoms with E-state index in [0.29, 0.717) is 15.5 Å². The molecule has 0 fully saturated rings. The smallest absolute Gasteiger partial charge is 0.349 e. The average molecular weight is 433 g/mol. The highest BCUT2D eigenvalue weighted by molar-refractivity contribution is 8.03. The van der Waals surface area contributed by atoms with Crippen molar-refractivity contribution in [3.8, 4) is 5.40 Å². The Morgan fingerprint density at radius 2 is 1.93 bits per heavy atom. The second kappa shape index (κ2) is 8.95. The van der Waals surface area contributed by atoms with Crippen LogP contribution in [0.5, 0.6) is 0 Å². The Morgan fingerprint density at radius 1 is 1.17 bits per heavy atom. The number of aryl methyl sites for hydroxylation is 1. The Kier molecular flexibility index (Phi) is 5.93. The first-order valence-electron chi connectivity index (χ1n) is 9.04. The van der Waals surface area contributed by atoms with Crippen LogP contribution in [0.25, 0.3) is 10.2 Å². The number of thiocyanates is 1. The van der Waals surface area contributed by atoms with E-state index in [2.05, 4.69) is 20.7 Å².